The molecule has 1 amide bonds. The Balaban J connectivity index is 1.59. The SMILES string of the molecule is O=C(O)C1C2C=CC(C2)C1C(=O)Nc1cccc2c1OCCO2. The fraction of sp³-hybridized carbons (Fsp3) is 0.412. The van der Waals surface area contributed by atoms with E-state index in [9.17, 15) is 14.7 Å². The van der Waals surface area contributed by atoms with Crippen LogP contribution in [0.5, 0.6) is 11.5 Å². The van der Waals surface area contributed by atoms with Crippen LogP contribution in [0.3, 0.4) is 0 Å². The third kappa shape index (κ3) is 2.25. The number of fused-ring (bicyclic) bond motifs is 3. The number of hydrogen-bond acceptors (Lipinski definition) is 4. The number of amides is 1. The lowest BCUT2D eigenvalue weighted by atomic mass is 9.82. The average Bonchev–Trinajstić information content (AvgIpc) is 3.16. The van der Waals surface area contributed by atoms with Crippen molar-refractivity contribution in [2.75, 3.05) is 18.5 Å². The van der Waals surface area contributed by atoms with Crippen LogP contribution in [0.4, 0.5) is 5.69 Å². The number of hydrogen-bond donors (Lipinski definition) is 2. The highest BCUT2D eigenvalue weighted by Gasteiger charge is 2.51. The first kappa shape index (κ1) is 14.1. The van der Waals surface area contributed by atoms with E-state index in [1.807, 2.05) is 12.2 Å². The molecule has 0 aromatic heterocycles. The summed E-state index contributed by atoms with van der Waals surface area (Å²) in [6.45, 7) is 0.900. The van der Waals surface area contributed by atoms with E-state index in [2.05, 4.69) is 5.32 Å². The van der Waals surface area contributed by atoms with Gasteiger partial charge in [0, 0.05) is 0 Å². The lowest BCUT2D eigenvalue weighted by molar-refractivity contribution is -0.146. The van der Waals surface area contributed by atoms with Gasteiger partial charge in [-0.3, -0.25) is 9.59 Å². The van der Waals surface area contributed by atoms with Crippen molar-refractivity contribution in [3.8, 4) is 11.5 Å². The summed E-state index contributed by atoms with van der Waals surface area (Å²) in [5.74, 6) is -1.30. The molecule has 1 heterocycles. The van der Waals surface area contributed by atoms with Crippen molar-refractivity contribution in [1.29, 1.82) is 0 Å². The van der Waals surface area contributed by atoms with Gasteiger partial charge in [0.1, 0.15) is 13.2 Å². The summed E-state index contributed by atoms with van der Waals surface area (Å²) < 4.78 is 11.1. The molecule has 4 rings (SSSR count). The number of nitrogens with one attached hydrogen (secondary N) is 1. The number of benzene rings is 1. The van der Waals surface area contributed by atoms with Crippen LogP contribution in [0.2, 0.25) is 0 Å². The lowest BCUT2D eigenvalue weighted by Gasteiger charge is -2.25. The predicted molar refractivity (Wildman–Crippen MR) is 81.4 cm³/mol. The zero-order valence-corrected chi connectivity index (χ0v) is 12.4. The number of para-hydroxylation sites is 1. The van der Waals surface area contributed by atoms with E-state index in [1.165, 1.54) is 0 Å². The maximum atomic E-state index is 12.7. The van der Waals surface area contributed by atoms with Crippen molar-refractivity contribution >= 4 is 17.6 Å². The second-order valence-corrected chi connectivity index (χ2v) is 6.16. The summed E-state index contributed by atoms with van der Waals surface area (Å²) in [4.78, 5) is 24.2. The number of aliphatic carboxylic acids is 1. The third-order valence-corrected chi connectivity index (χ3v) is 4.87. The Morgan fingerprint density at radius 2 is 1.83 bits per heavy atom. The normalized spacial score (nSPS) is 30.3. The Bertz CT molecular complexity index is 698. The second kappa shape index (κ2) is 5.30. The smallest absolute Gasteiger partial charge is 0.307 e. The molecule has 1 saturated carbocycles. The highest BCUT2D eigenvalue weighted by Crippen LogP contribution is 2.49. The van der Waals surface area contributed by atoms with Crippen molar-refractivity contribution < 1.29 is 24.2 Å². The number of allylic oxidation sites excluding steroid dienone is 2. The van der Waals surface area contributed by atoms with Crippen LogP contribution in [-0.4, -0.2) is 30.2 Å². The van der Waals surface area contributed by atoms with Gasteiger partial charge in [0.25, 0.3) is 0 Å². The lowest BCUT2D eigenvalue weighted by Crippen LogP contribution is -2.36. The molecule has 2 N–H and O–H groups in total. The number of carbonyl (C=O) groups excluding carboxylic acids is 1. The Morgan fingerprint density at radius 1 is 1.09 bits per heavy atom. The summed E-state index contributed by atoms with van der Waals surface area (Å²) in [6, 6.07) is 5.30. The average molecular weight is 315 g/mol. The maximum absolute atomic E-state index is 12.7. The van der Waals surface area contributed by atoms with E-state index in [1.54, 1.807) is 18.2 Å². The van der Waals surface area contributed by atoms with Gasteiger partial charge >= 0.3 is 5.97 Å². The molecule has 0 spiro atoms. The van der Waals surface area contributed by atoms with E-state index in [0.717, 1.165) is 6.42 Å². The van der Waals surface area contributed by atoms with Gasteiger partial charge in [0.15, 0.2) is 11.5 Å². The second-order valence-electron chi connectivity index (χ2n) is 6.16. The zero-order chi connectivity index (χ0) is 16.0. The number of rotatable bonds is 3. The number of carbonyl (C=O) groups is 2. The first-order chi connectivity index (χ1) is 11.1. The van der Waals surface area contributed by atoms with Gasteiger partial charge in [-0.1, -0.05) is 18.2 Å². The first-order valence-corrected chi connectivity index (χ1v) is 7.76. The minimum Gasteiger partial charge on any atom is -0.486 e. The van der Waals surface area contributed by atoms with E-state index >= 15 is 0 Å². The van der Waals surface area contributed by atoms with Crippen LogP contribution in [0.15, 0.2) is 30.4 Å². The largest absolute Gasteiger partial charge is 0.486 e. The summed E-state index contributed by atoms with van der Waals surface area (Å²) in [6.07, 6.45) is 4.63. The summed E-state index contributed by atoms with van der Waals surface area (Å²) in [5, 5.41) is 12.3. The molecule has 4 atom stereocenters. The Labute approximate surface area is 133 Å². The van der Waals surface area contributed by atoms with Crippen LogP contribution in [0.1, 0.15) is 6.42 Å². The summed E-state index contributed by atoms with van der Waals surface area (Å²) in [5.41, 5.74) is 0.531. The molecule has 4 unspecified atom stereocenters. The van der Waals surface area contributed by atoms with Crippen LogP contribution in [-0.2, 0) is 9.59 Å². The number of carboxylic acid groups (broad SMARTS) is 1. The maximum Gasteiger partial charge on any atom is 0.307 e. The van der Waals surface area contributed by atoms with Crippen LogP contribution in [0.25, 0.3) is 0 Å². The number of anilines is 1. The highest BCUT2D eigenvalue weighted by molar-refractivity contribution is 5.97. The molecule has 23 heavy (non-hydrogen) atoms. The molecule has 1 aromatic rings. The molecule has 2 bridgehead atoms. The highest BCUT2D eigenvalue weighted by atomic mass is 16.6. The van der Waals surface area contributed by atoms with Gasteiger partial charge in [-0.2, -0.15) is 0 Å². The Hall–Kier alpha value is -2.50. The molecule has 0 saturated heterocycles. The fourth-order valence-corrected chi connectivity index (χ4v) is 3.90. The quantitative estimate of drug-likeness (QED) is 0.832. The molecule has 2 aliphatic carbocycles. The van der Waals surface area contributed by atoms with E-state index in [-0.39, 0.29) is 17.7 Å². The molecule has 0 radical (unpaired) electrons. The monoisotopic (exact) mass is 315 g/mol. The van der Waals surface area contributed by atoms with Crippen molar-refractivity contribution in [3.05, 3.63) is 30.4 Å². The fourth-order valence-electron chi connectivity index (χ4n) is 3.90. The standard InChI is InChI=1S/C17H17NO5/c19-16(13-9-4-5-10(8-9)14(13)17(20)21)18-11-2-1-3-12-15(11)23-7-6-22-12/h1-5,9-10,13-14H,6-8H2,(H,18,19)(H,20,21). The molecule has 3 aliphatic rings. The molecular formula is C17H17NO5. The minimum atomic E-state index is -0.906. The van der Waals surface area contributed by atoms with Gasteiger partial charge < -0.3 is 19.9 Å². The van der Waals surface area contributed by atoms with Crippen molar-refractivity contribution in [1.82, 2.24) is 0 Å². The minimum absolute atomic E-state index is 0.00203. The Kier molecular flexibility index (Phi) is 3.25. The summed E-state index contributed by atoms with van der Waals surface area (Å²) in [7, 11) is 0. The Morgan fingerprint density at radius 3 is 2.61 bits per heavy atom. The molecule has 6 heteroatoms. The van der Waals surface area contributed by atoms with E-state index in [4.69, 9.17) is 9.47 Å². The number of ether oxygens (including phenoxy) is 2. The molecule has 120 valence electrons. The van der Waals surface area contributed by atoms with Crippen LogP contribution >= 0.6 is 0 Å². The van der Waals surface area contributed by atoms with Gasteiger partial charge in [-0.05, 0) is 30.4 Å². The van der Waals surface area contributed by atoms with Crippen LogP contribution in [0, 0.1) is 23.7 Å². The van der Waals surface area contributed by atoms with Crippen LogP contribution < -0.4 is 14.8 Å². The molecule has 1 aromatic carbocycles. The van der Waals surface area contributed by atoms with Gasteiger partial charge in [0.05, 0.1) is 17.5 Å². The van der Waals surface area contributed by atoms with Gasteiger partial charge in [-0.25, -0.2) is 0 Å². The van der Waals surface area contributed by atoms with Gasteiger partial charge in [0.2, 0.25) is 5.91 Å². The summed E-state index contributed by atoms with van der Waals surface area (Å²) >= 11 is 0. The predicted octanol–water partition coefficient (Wildman–Crippen LogP) is 1.92. The van der Waals surface area contributed by atoms with Crippen molar-refractivity contribution in [3.63, 3.8) is 0 Å². The molecule has 1 fully saturated rings. The van der Waals surface area contributed by atoms with E-state index < -0.39 is 17.8 Å². The van der Waals surface area contributed by atoms with E-state index in [0.29, 0.717) is 30.4 Å². The topological polar surface area (TPSA) is 84.9 Å². The first-order valence-electron chi connectivity index (χ1n) is 7.76. The zero-order valence-electron chi connectivity index (χ0n) is 12.4. The van der Waals surface area contributed by atoms with Crippen molar-refractivity contribution in [2.45, 2.75) is 6.42 Å². The third-order valence-electron chi connectivity index (χ3n) is 4.87. The molecular weight excluding hydrogens is 298 g/mol. The van der Waals surface area contributed by atoms with Gasteiger partial charge in [-0.15, -0.1) is 0 Å². The number of carboxylic acids is 1. The molecule has 6 nitrogen and oxygen atoms in total. The molecule has 1 aliphatic heterocycles. The van der Waals surface area contributed by atoms with Crippen molar-refractivity contribution in [2.24, 2.45) is 23.7 Å².